The number of aromatic nitrogens is 2. The molecule has 0 fully saturated rings. The van der Waals surface area contributed by atoms with E-state index in [9.17, 15) is 0 Å². The third kappa shape index (κ3) is 2.88. The van der Waals surface area contributed by atoms with Crippen LogP contribution < -0.4 is 10.6 Å². The van der Waals surface area contributed by atoms with E-state index in [1.165, 1.54) is 5.56 Å². The molecular formula is C14H16N4S. The molecule has 5 heteroatoms. The highest BCUT2D eigenvalue weighted by atomic mass is 32.1. The van der Waals surface area contributed by atoms with Crippen molar-refractivity contribution in [2.75, 3.05) is 11.4 Å². The molecule has 2 N–H and O–H groups in total. The first-order valence-electron chi connectivity index (χ1n) is 6.08. The van der Waals surface area contributed by atoms with Gasteiger partial charge >= 0.3 is 0 Å². The van der Waals surface area contributed by atoms with Gasteiger partial charge in [-0.3, -0.25) is 0 Å². The average molecular weight is 272 g/mol. The molecule has 4 nitrogen and oxygen atoms in total. The first-order chi connectivity index (χ1) is 9.13. The second-order valence-corrected chi connectivity index (χ2v) is 4.62. The zero-order valence-corrected chi connectivity index (χ0v) is 11.8. The van der Waals surface area contributed by atoms with Crippen LogP contribution in [0, 0.1) is 6.92 Å². The lowest BCUT2D eigenvalue weighted by atomic mass is 10.2. The van der Waals surface area contributed by atoms with Crippen molar-refractivity contribution in [1.29, 1.82) is 0 Å². The van der Waals surface area contributed by atoms with Crippen molar-refractivity contribution in [2.24, 2.45) is 5.73 Å². The van der Waals surface area contributed by atoms with Gasteiger partial charge in [-0.05, 0) is 31.5 Å². The van der Waals surface area contributed by atoms with Crippen LogP contribution in [-0.2, 0) is 0 Å². The van der Waals surface area contributed by atoms with Crippen LogP contribution in [0.2, 0.25) is 0 Å². The Kier molecular flexibility index (Phi) is 4.06. The molecule has 98 valence electrons. The zero-order chi connectivity index (χ0) is 13.8. The molecule has 0 saturated heterocycles. The van der Waals surface area contributed by atoms with Crippen LogP contribution in [0.15, 0.2) is 36.7 Å². The molecular weight excluding hydrogens is 256 g/mol. The molecule has 0 aliphatic rings. The lowest BCUT2D eigenvalue weighted by molar-refractivity contribution is 0.970. The number of anilines is 2. The Balaban J connectivity index is 2.51. The lowest BCUT2D eigenvalue weighted by Crippen LogP contribution is -2.23. The summed E-state index contributed by atoms with van der Waals surface area (Å²) in [5.41, 5.74) is 8.52. The molecule has 1 heterocycles. The van der Waals surface area contributed by atoms with E-state index in [1.807, 2.05) is 12.1 Å². The van der Waals surface area contributed by atoms with Gasteiger partial charge in [-0.2, -0.15) is 0 Å². The van der Waals surface area contributed by atoms with Gasteiger partial charge in [0, 0.05) is 24.6 Å². The molecule has 2 rings (SSSR count). The van der Waals surface area contributed by atoms with Crippen LogP contribution in [0.25, 0.3) is 0 Å². The van der Waals surface area contributed by atoms with Gasteiger partial charge in [0.2, 0.25) is 0 Å². The average Bonchev–Trinajstić information content (AvgIpc) is 2.40. The summed E-state index contributed by atoms with van der Waals surface area (Å²) >= 11 is 5.04. The largest absolute Gasteiger partial charge is 0.388 e. The van der Waals surface area contributed by atoms with Crippen molar-refractivity contribution in [3.05, 3.63) is 47.9 Å². The van der Waals surface area contributed by atoms with Gasteiger partial charge in [-0.1, -0.05) is 24.4 Å². The minimum atomic E-state index is 0.259. The summed E-state index contributed by atoms with van der Waals surface area (Å²) in [5, 5.41) is 0. The van der Waals surface area contributed by atoms with Crippen LogP contribution in [0.3, 0.4) is 0 Å². The summed E-state index contributed by atoms with van der Waals surface area (Å²) in [6, 6.07) is 8.21. The Hall–Kier alpha value is -2.01. The van der Waals surface area contributed by atoms with Crippen molar-refractivity contribution < 1.29 is 0 Å². The molecule has 0 amide bonds. The third-order valence-electron chi connectivity index (χ3n) is 2.80. The Labute approximate surface area is 118 Å². The number of nitrogens with two attached hydrogens (primary N) is 1. The molecule has 0 bridgehead atoms. The summed E-state index contributed by atoms with van der Waals surface area (Å²) in [4.78, 5) is 10.9. The molecule has 19 heavy (non-hydrogen) atoms. The van der Waals surface area contributed by atoms with E-state index in [2.05, 4.69) is 40.8 Å². The van der Waals surface area contributed by atoms with Gasteiger partial charge in [-0.15, -0.1) is 0 Å². The number of hydrogen-bond donors (Lipinski definition) is 1. The van der Waals surface area contributed by atoms with Crippen molar-refractivity contribution in [3.8, 4) is 0 Å². The molecule has 0 aliphatic heterocycles. The fourth-order valence-corrected chi connectivity index (χ4v) is 2.10. The van der Waals surface area contributed by atoms with Gasteiger partial charge in [0.25, 0.3) is 0 Å². The third-order valence-corrected chi connectivity index (χ3v) is 2.99. The fourth-order valence-electron chi connectivity index (χ4n) is 1.95. The van der Waals surface area contributed by atoms with Crippen LogP contribution in [0.5, 0.6) is 0 Å². The van der Waals surface area contributed by atoms with Gasteiger partial charge in [-0.25, -0.2) is 9.97 Å². The van der Waals surface area contributed by atoms with E-state index in [-0.39, 0.29) is 4.99 Å². The zero-order valence-electron chi connectivity index (χ0n) is 11.0. The summed E-state index contributed by atoms with van der Waals surface area (Å²) < 4.78 is 0. The van der Waals surface area contributed by atoms with Crippen LogP contribution in [0.4, 0.5) is 11.5 Å². The number of hydrogen-bond acceptors (Lipinski definition) is 4. The maximum absolute atomic E-state index is 5.72. The minimum absolute atomic E-state index is 0.259. The molecule has 0 unspecified atom stereocenters. The normalized spacial score (nSPS) is 10.2. The number of thiocarbonyl (C=S) groups is 1. The van der Waals surface area contributed by atoms with Gasteiger partial charge in [0.15, 0.2) is 5.82 Å². The summed E-state index contributed by atoms with van der Waals surface area (Å²) in [7, 11) is 0. The predicted molar refractivity (Wildman–Crippen MR) is 81.8 cm³/mol. The second-order valence-electron chi connectivity index (χ2n) is 4.18. The van der Waals surface area contributed by atoms with E-state index < -0.39 is 0 Å². The predicted octanol–water partition coefficient (Wildman–Crippen LogP) is 2.58. The van der Waals surface area contributed by atoms with Crippen LogP contribution in [0.1, 0.15) is 18.2 Å². The Morgan fingerprint density at radius 3 is 2.68 bits per heavy atom. The SMILES string of the molecule is CCN(c1cccc(C)c1)c1nccnc1C(N)=S. The summed E-state index contributed by atoms with van der Waals surface area (Å²) in [6.45, 7) is 4.88. The first kappa shape index (κ1) is 13.4. The first-order valence-corrected chi connectivity index (χ1v) is 6.49. The van der Waals surface area contributed by atoms with Crippen molar-refractivity contribution >= 4 is 28.7 Å². The number of aryl methyl sites for hydroxylation is 1. The molecule has 2 aromatic rings. The van der Waals surface area contributed by atoms with Gasteiger partial charge in [0.05, 0.1) is 0 Å². The highest BCUT2D eigenvalue weighted by molar-refractivity contribution is 7.80. The van der Waals surface area contributed by atoms with Crippen molar-refractivity contribution in [1.82, 2.24) is 9.97 Å². The number of benzene rings is 1. The molecule has 0 aliphatic carbocycles. The highest BCUT2D eigenvalue weighted by Gasteiger charge is 2.15. The van der Waals surface area contributed by atoms with Gasteiger partial charge in [0.1, 0.15) is 10.7 Å². The molecule has 0 saturated carbocycles. The molecule has 0 radical (unpaired) electrons. The Morgan fingerprint density at radius 1 is 1.32 bits per heavy atom. The number of nitrogens with zero attached hydrogens (tertiary/aromatic N) is 3. The topological polar surface area (TPSA) is 55.0 Å². The lowest BCUT2D eigenvalue weighted by Gasteiger charge is -2.23. The van der Waals surface area contributed by atoms with Crippen LogP contribution >= 0.6 is 12.2 Å². The van der Waals surface area contributed by atoms with Crippen molar-refractivity contribution in [2.45, 2.75) is 13.8 Å². The minimum Gasteiger partial charge on any atom is -0.388 e. The number of rotatable bonds is 4. The monoisotopic (exact) mass is 272 g/mol. The Morgan fingerprint density at radius 2 is 2.05 bits per heavy atom. The van der Waals surface area contributed by atoms with E-state index in [0.29, 0.717) is 11.5 Å². The molecule has 1 aromatic carbocycles. The summed E-state index contributed by atoms with van der Waals surface area (Å²) in [5.74, 6) is 0.697. The van der Waals surface area contributed by atoms with E-state index in [4.69, 9.17) is 18.0 Å². The van der Waals surface area contributed by atoms with Gasteiger partial charge < -0.3 is 10.6 Å². The second kappa shape index (κ2) is 5.75. The van der Waals surface area contributed by atoms with Crippen LogP contribution in [-0.4, -0.2) is 21.5 Å². The molecule has 1 aromatic heterocycles. The maximum atomic E-state index is 5.72. The quantitative estimate of drug-likeness (QED) is 0.867. The van der Waals surface area contributed by atoms with E-state index >= 15 is 0 Å². The Bertz CT molecular complexity index is 598. The highest BCUT2D eigenvalue weighted by Crippen LogP contribution is 2.25. The van der Waals surface area contributed by atoms with E-state index in [0.717, 1.165) is 12.2 Å². The fraction of sp³-hybridized carbons (Fsp3) is 0.214. The molecule has 0 atom stereocenters. The van der Waals surface area contributed by atoms with E-state index in [1.54, 1.807) is 12.4 Å². The maximum Gasteiger partial charge on any atom is 0.162 e. The van der Waals surface area contributed by atoms with Crippen molar-refractivity contribution in [3.63, 3.8) is 0 Å². The smallest absolute Gasteiger partial charge is 0.162 e. The summed E-state index contributed by atoms with van der Waals surface area (Å²) in [6.07, 6.45) is 3.25. The molecule has 0 spiro atoms. The standard InChI is InChI=1S/C14H16N4S/c1-3-18(11-6-4-5-10(2)9-11)14-12(13(15)19)16-7-8-17-14/h4-9H,3H2,1-2H3,(H2,15,19).